The van der Waals surface area contributed by atoms with Gasteiger partial charge in [-0.2, -0.15) is 4.98 Å². The summed E-state index contributed by atoms with van der Waals surface area (Å²) in [6.07, 6.45) is 3.27. The Bertz CT molecular complexity index is 847. The second kappa shape index (κ2) is 8.91. The van der Waals surface area contributed by atoms with Crippen LogP contribution in [-0.4, -0.2) is 65.5 Å². The summed E-state index contributed by atoms with van der Waals surface area (Å²) >= 11 is 0. The molecule has 1 atom stereocenters. The number of hydrogen-bond acceptors (Lipinski definition) is 5. The van der Waals surface area contributed by atoms with Gasteiger partial charge in [0.2, 0.25) is 11.8 Å². The van der Waals surface area contributed by atoms with E-state index in [4.69, 9.17) is 14.7 Å². The Labute approximate surface area is 172 Å². The predicted octanol–water partition coefficient (Wildman–Crippen LogP) is 2.81. The molecule has 4 rings (SSSR count). The molecule has 0 spiro atoms. The highest BCUT2D eigenvalue weighted by Gasteiger charge is 2.30. The van der Waals surface area contributed by atoms with E-state index >= 15 is 0 Å². The third kappa shape index (κ3) is 4.42. The average Bonchev–Trinajstić information content (AvgIpc) is 2.97. The van der Waals surface area contributed by atoms with E-state index in [9.17, 15) is 4.79 Å². The van der Waals surface area contributed by atoms with E-state index in [1.165, 1.54) is 0 Å². The first-order valence-electron chi connectivity index (χ1n) is 10.7. The molecule has 0 saturated carbocycles. The van der Waals surface area contributed by atoms with Crippen LogP contribution >= 0.6 is 0 Å². The highest BCUT2D eigenvalue weighted by Crippen LogP contribution is 2.32. The van der Waals surface area contributed by atoms with Crippen LogP contribution in [-0.2, 0) is 17.6 Å². The van der Waals surface area contributed by atoms with E-state index < -0.39 is 0 Å². The van der Waals surface area contributed by atoms with Crippen LogP contribution in [0.15, 0.2) is 30.3 Å². The van der Waals surface area contributed by atoms with Crippen LogP contribution in [0.1, 0.15) is 31.0 Å². The highest BCUT2D eigenvalue weighted by atomic mass is 16.5. The van der Waals surface area contributed by atoms with Gasteiger partial charge in [-0.15, -0.1) is 0 Å². The molecule has 1 amide bonds. The molecule has 2 aliphatic rings. The van der Waals surface area contributed by atoms with Crippen molar-refractivity contribution in [2.45, 2.75) is 32.6 Å². The van der Waals surface area contributed by atoms with Crippen LogP contribution in [0.25, 0.3) is 11.4 Å². The molecule has 2 heterocycles. The SMILES string of the molecule is CCOc1nc(-c2ccccc2)nc2c1CCC(C(=O)N1CCN(C)CC1)CC2. The summed E-state index contributed by atoms with van der Waals surface area (Å²) in [4.78, 5) is 27.0. The topological polar surface area (TPSA) is 58.6 Å². The van der Waals surface area contributed by atoms with Crippen LogP contribution in [0, 0.1) is 5.92 Å². The zero-order valence-electron chi connectivity index (χ0n) is 17.4. The molecule has 0 radical (unpaired) electrons. The number of ether oxygens (including phenoxy) is 1. The van der Waals surface area contributed by atoms with Crippen LogP contribution in [0.4, 0.5) is 0 Å². The maximum absolute atomic E-state index is 13.1. The Kier molecular flexibility index (Phi) is 6.09. The van der Waals surface area contributed by atoms with Gasteiger partial charge in [0, 0.05) is 43.2 Å². The Morgan fingerprint density at radius 1 is 1.07 bits per heavy atom. The third-order valence-electron chi connectivity index (χ3n) is 6.00. The molecule has 1 saturated heterocycles. The average molecular weight is 395 g/mol. The molecule has 0 bridgehead atoms. The third-order valence-corrected chi connectivity index (χ3v) is 6.00. The van der Waals surface area contributed by atoms with E-state index in [2.05, 4.69) is 11.9 Å². The lowest BCUT2D eigenvalue weighted by Crippen LogP contribution is -2.49. The molecule has 154 valence electrons. The normalized spacial score (nSPS) is 20.1. The number of aryl methyl sites for hydroxylation is 1. The molecule has 2 aromatic rings. The number of benzene rings is 1. The van der Waals surface area contributed by atoms with E-state index in [0.717, 1.165) is 68.7 Å². The largest absolute Gasteiger partial charge is 0.478 e. The minimum absolute atomic E-state index is 0.0576. The van der Waals surface area contributed by atoms with E-state index in [-0.39, 0.29) is 5.92 Å². The molecule has 1 aromatic carbocycles. The molecule has 6 nitrogen and oxygen atoms in total. The van der Waals surface area contributed by atoms with Gasteiger partial charge in [-0.1, -0.05) is 30.3 Å². The van der Waals surface area contributed by atoms with Gasteiger partial charge in [-0.05, 0) is 39.7 Å². The van der Waals surface area contributed by atoms with Gasteiger partial charge in [0.25, 0.3) is 0 Å². The molecule has 0 N–H and O–H groups in total. The quantitative estimate of drug-likeness (QED) is 0.747. The van der Waals surface area contributed by atoms with Crippen molar-refractivity contribution in [3.05, 3.63) is 41.6 Å². The fourth-order valence-electron chi connectivity index (χ4n) is 4.24. The number of piperazine rings is 1. The summed E-state index contributed by atoms with van der Waals surface area (Å²) in [7, 11) is 2.11. The number of carbonyl (C=O) groups excluding carboxylic acids is 1. The lowest BCUT2D eigenvalue weighted by Gasteiger charge is -2.34. The van der Waals surface area contributed by atoms with Crippen molar-refractivity contribution < 1.29 is 9.53 Å². The van der Waals surface area contributed by atoms with Gasteiger partial charge in [0.15, 0.2) is 5.82 Å². The monoisotopic (exact) mass is 394 g/mol. The molecule has 1 unspecified atom stereocenters. The van der Waals surface area contributed by atoms with Gasteiger partial charge >= 0.3 is 0 Å². The lowest BCUT2D eigenvalue weighted by molar-refractivity contribution is -0.137. The zero-order chi connectivity index (χ0) is 20.2. The minimum atomic E-state index is 0.0576. The maximum Gasteiger partial charge on any atom is 0.225 e. The summed E-state index contributed by atoms with van der Waals surface area (Å²) < 4.78 is 5.89. The van der Waals surface area contributed by atoms with Gasteiger partial charge in [0.05, 0.1) is 12.3 Å². The first-order chi connectivity index (χ1) is 14.2. The predicted molar refractivity (Wildman–Crippen MR) is 113 cm³/mol. The number of likely N-dealkylation sites (N-methyl/N-ethyl adjacent to an activating group) is 1. The number of amides is 1. The number of aromatic nitrogens is 2. The highest BCUT2D eigenvalue weighted by molar-refractivity contribution is 5.79. The molecule has 1 aliphatic heterocycles. The first kappa shape index (κ1) is 19.8. The summed E-state index contributed by atoms with van der Waals surface area (Å²) in [6.45, 7) is 6.13. The molecule has 1 aromatic heterocycles. The van der Waals surface area contributed by atoms with E-state index in [1.54, 1.807) is 0 Å². The van der Waals surface area contributed by atoms with Crippen LogP contribution in [0.2, 0.25) is 0 Å². The molecule has 1 fully saturated rings. The van der Waals surface area contributed by atoms with Crippen molar-refractivity contribution in [2.75, 3.05) is 39.8 Å². The van der Waals surface area contributed by atoms with E-state index in [1.807, 2.05) is 42.2 Å². The molecule has 6 heteroatoms. The second-order valence-corrected chi connectivity index (χ2v) is 7.98. The minimum Gasteiger partial charge on any atom is -0.478 e. The standard InChI is InChI=1S/C23H30N4O2/c1-3-29-22-19-11-9-18(23(28)27-15-13-26(2)14-16-27)10-12-20(19)24-21(25-22)17-7-5-4-6-8-17/h4-8,18H,3,9-16H2,1-2H3. The Balaban J connectivity index is 1.55. The number of hydrogen-bond donors (Lipinski definition) is 0. The molecular formula is C23H30N4O2. The Morgan fingerprint density at radius 2 is 1.79 bits per heavy atom. The van der Waals surface area contributed by atoms with Gasteiger partial charge < -0.3 is 14.5 Å². The van der Waals surface area contributed by atoms with Crippen molar-refractivity contribution in [1.29, 1.82) is 0 Å². The van der Waals surface area contributed by atoms with Crippen molar-refractivity contribution >= 4 is 5.91 Å². The van der Waals surface area contributed by atoms with Crippen molar-refractivity contribution in [1.82, 2.24) is 19.8 Å². The molecule has 29 heavy (non-hydrogen) atoms. The second-order valence-electron chi connectivity index (χ2n) is 7.98. The number of nitrogens with zero attached hydrogens (tertiary/aromatic N) is 4. The maximum atomic E-state index is 13.1. The van der Waals surface area contributed by atoms with Gasteiger partial charge in [0.1, 0.15) is 0 Å². The van der Waals surface area contributed by atoms with Crippen LogP contribution < -0.4 is 4.74 Å². The van der Waals surface area contributed by atoms with Crippen molar-refractivity contribution in [3.63, 3.8) is 0 Å². The summed E-state index contributed by atoms with van der Waals surface area (Å²) in [6, 6.07) is 10.0. The fraction of sp³-hybridized carbons (Fsp3) is 0.522. The smallest absolute Gasteiger partial charge is 0.225 e. The first-order valence-corrected chi connectivity index (χ1v) is 10.7. The summed E-state index contributed by atoms with van der Waals surface area (Å²) in [5, 5.41) is 0. The lowest BCUT2D eigenvalue weighted by atomic mass is 9.97. The fourth-order valence-corrected chi connectivity index (χ4v) is 4.24. The summed E-state index contributed by atoms with van der Waals surface area (Å²) in [5.74, 6) is 1.75. The van der Waals surface area contributed by atoms with E-state index in [0.29, 0.717) is 24.2 Å². The number of carbonyl (C=O) groups is 1. The van der Waals surface area contributed by atoms with Crippen LogP contribution in [0.3, 0.4) is 0 Å². The Morgan fingerprint density at radius 3 is 2.52 bits per heavy atom. The van der Waals surface area contributed by atoms with Crippen molar-refractivity contribution in [2.24, 2.45) is 5.92 Å². The molecule has 1 aliphatic carbocycles. The Hall–Kier alpha value is -2.47. The van der Waals surface area contributed by atoms with Crippen LogP contribution in [0.5, 0.6) is 5.88 Å². The number of fused-ring (bicyclic) bond motifs is 1. The zero-order valence-corrected chi connectivity index (χ0v) is 17.4. The van der Waals surface area contributed by atoms with Gasteiger partial charge in [-0.3, -0.25) is 4.79 Å². The van der Waals surface area contributed by atoms with Crippen molar-refractivity contribution in [3.8, 4) is 17.3 Å². The number of rotatable bonds is 4. The summed E-state index contributed by atoms with van der Waals surface area (Å²) in [5.41, 5.74) is 3.11. The van der Waals surface area contributed by atoms with Gasteiger partial charge in [-0.25, -0.2) is 4.98 Å². The molecular weight excluding hydrogens is 364 g/mol.